The van der Waals surface area contributed by atoms with E-state index in [0.29, 0.717) is 6.04 Å². The molecular weight excluding hydrogens is 164 g/mol. The predicted octanol–water partition coefficient (Wildman–Crippen LogP) is 0.520. The lowest BCUT2D eigenvalue weighted by atomic mass is 9.97. The van der Waals surface area contributed by atoms with Gasteiger partial charge in [0.2, 0.25) is 0 Å². The summed E-state index contributed by atoms with van der Waals surface area (Å²) in [5.74, 6) is 1.57. The molecule has 3 heteroatoms. The highest BCUT2D eigenvalue weighted by atomic mass is 16.5. The maximum absolute atomic E-state index is 5.50. The Bertz CT molecular complexity index is 158. The van der Waals surface area contributed by atoms with E-state index in [9.17, 15) is 0 Å². The second-order valence-electron chi connectivity index (χ2n) is 4.54. The van der Waals surface area contributed by atoms with Gasteiger partial charge in [0.25, 0.3) is 0 Å². The van der Waals surface area contributed by atoms with Gasteiger partial charge < -0.3 is 9.64 Å². The molecule has 0 aromatic rings. The molecule has 13 heavy (non-hydrogen) atoms. The van der Waals surface area contributed by atoms with Gasteiger partial charge in [-0.3, -0.25) is 5.32 Å². The standard InChI is InChI=1S/C10H20N2O/c1-8(2)12-4-9-3-11-7-13-6-10(9)5-12/h8-11H,3-7H2,1-2H3. The van der Waals surface area contributed by atoms with E-state index in [1.165, 1.54) is 13.1 Å². The van der Waals surface area contributed by atoms with E-state index in [0.717, 1.165) is 31.7 Å². The average Bonchev–Trinajstić information content (AvgIpc) is 2.38. The molecule has 0 aliphatic carbocycles. The minimum Gasteiger partial charge on any atom is -0.366 e. The van der Waals surface area contributed by atoms with E-state index in [1.807, 2.05) is 0 Å². The van der Waals surface area contributed by atoms with E-state index >= 15 is 0 Å². The summed E-state index contributed by atoms with van der Waals surface area (Å²) in [6.45, 7) is 9.85. The molecule has 2 rings (SSSR count). The Morgan fingerprint density at radius 2 is 2.08 bits per heavy atom. The summed E-state index contributed by atoms with van der Waals surface area (Å²) < 4.78 is 5.50. The van der Waals surface area contributed by atoms with Crippen LogP contribution in [0.15, 0.2) is 0 Å². The number of rotatable bonds is 1. The predicted molar refractivity (Wildman–Crippen MR) is 52.5 cm³/mol. The quantitative estimate of drug-likeness (QED) is 0.643. The maximum Gasteiger partial charge on any atom is 0.0965 e. The highest BCUT2D eigenvalue weighted by molar-refractivity contribution is 4.87. The van der Waals surface area contributed by atoms with Gasteiger partial charge in [-0.25, -0.2) is 0 Å². The van der Waals surface area contributed by atoms with Gasteiger partial charge in [0.15, 0.2) is 0 Å². The molecule has 0 aromatic carbocycles. The summed E-state index contributed by atoms with van der Waals surface area (Å²) in [5, 5.41) is 3.33. The number of nitrogens with one attached hydrogen (secondary N) is 1. The highest BCUT2D eigenvalue weighted by Gasteiger charge is 2.34. The monoisotopic (exact) mass is 184 g/mol. The molecule has 0 bridgehead atoms. The molecule has 0 spiro atoms. The first-order valence-electron chi connectivity index (χ1n) is 5.30. The molecule has 2 heterocycles. The number of hydrogen-bond donors (Lipinski definition) is 1. The molecule has 2 fully saturated rings. The van der Waals surface area contributed by atoms with Crippen molar-refractivity contribution in [3.63, 3.8) is 0 Å². The molecule has 2 unspecified atom stereocenters. The first kappa shape index (κ1) is 9.44. The van der Waals surface area contributed by atoms with Crippen molar-refractivity contribution in [2.24, 2.45) is 11.8 Å². The Labute approximate surface area is 80.4 Å². The van der Waals surface area contributed by atoms with E-state index in [2.05, 4.69) is 24.1 Å². The van der Waals surface area contributed by atoms with Crippen LogP contribution in [0.1, 0.15) is 13.8 Å². The lowest BCUT2D eigenvalue weighted by molar-refractivity contribution is 0.0998. The lowest BCUT2D eigenvalue weighted by Gasteiger charge is -2.20. The molecule has 2 atom stereocenters. The fourth-order valence-electron chi connectivity index (χ4n) is 2.34. The van der Waals surface area contributed by atoms with Crippen LogP contribution in [0.5, 0.6) is 0 Å². The van der Waals surface area contributed by atoms with E-state index in [1.54, 1.807) is 0 Å². The second-order valence-corrected chi connectivity index (χ2v) is 4.54. The summed E-state index contributed by atoms with van der Waals surface area (Å²) in [5.41, 5.74) is 0. The molecule has 0 amide bonds. The van der Waals surface area contributed by atoms with Crippen molar-refractivity contribution < 1.29 is 4.74 Å². The normalized spacial score (nSPS) is 36.2. The molecule has 0 aromatic heterocycles. The van der Waals surface area contributed by atoms with E-state index < -0.39 is 0 Å². The SMILES string of the molecule is CC(C)N1CC2CNCOCC2C1. The Morgan fingerprint density at radius 1 is 1.31 bits per heavy atom. The summed E-state index contributed by atoms with van der Waals surface area (Å²) in [6.07, 6.45) is 0. The van der Waals surface area contributed by atoms with Crippen LogP contribution in [0.2, 0.25) is 0 Å². The second kappa shape index (κ2) is 3.95. The van der Waals surface area contributed by atoms with Crippen molar-refractivity contribution in [2.45, 2.75) is 19.9 Å². The van der Waals surface area contributed by atoms with Crippen LogP contribution >= 0.6 is 0 Å². The van der Waals surface area contributed by atoms with Crippen molar-refractivity contribution in [1.82, 2.24) is 10.2 Å². The molecular formula is C10H20N2O. The number of nitrogens with zero attached hydrogens (tertiary/aromatic N) is 1. The minimum absolute atomic E-state index is 0.687. The topological polar surface area (TPSA) is 24.5 Å². The van der Waals surface area contributed by atoms with Crippen molar-refractivity contribution in [1.29, 1.82) is 0 Å². The Hall–Kier alpha value is -0.120. The Balaban J connectivity index is 1.94. The largest absolute Gasteiger partial charge is 0.366 e. The zero-order valence-corrected chi connectivity index (χ0v) is 8.62. The Kier molecular flexibility index (Phi) is 2.86. The zero-order chi connectivity index (χ0) is 9.26. The van der Waals surface area contributed by atoms with E-state index in [-0.39, 0.29) is 0 Å². The van der Waals surface area contributed by atoms with Crippen LogP contribution in [0.25, 0.3) is 0 Å². The Morgan fingerprint density at radius 3 is 2.85 bits per heavy atom. The molecule has 0 saturated carbocycles. The van der Waals surface area contributed by atoms with Crippen LogP contribution in [0.3, 0.4) is 0 Å². The molecule has 2 saturated heterocycles. The van der Waals surface area contributed by atoms with Crippen LogP contribution in [0.4, 0.5) is 0 Å². The van der Waals surface area contributed by atoms with Crippen LogP contribution in [-0.2, 0) is 4.74 Å². The maximum atomic E-state index is 5.50. The molecule has 1 N–H and O–H groups in total. The first-order chi connectivity index (χ1) is 6.27. The van der Waals surface area contributed by atoms with Gasteiger partial charge >= 0.3 is 0 Å². The number of hydrogen-bond acceptors (Lipinski definition) is 3. The van der Waals surface area contributed by atoms with Crippen molar-refractivity contribution in [3.8, 4) is 0 Å². The average molecular weight is 184 g/mol. The van der Waals surface area contributed by atoms with Gasteiger partial charge in [-0.1, -0.05) is 0 Å². The third kappa shape index (κ3) is 2.03. The third-order valence-electron chi connectivity index (χ3n) is 3.28. The highest BCUT2D eigenvalue weighted by Crippen LogP contribution is 2.25. The summed E-state index contributed by atoms with van der Waals surface area (Å²) in [6, 6.07) is 0.687. The van der Waals surface area contributed by atoms with Gasteiger partial charge in [0.05, 0.1) is 13.3 Å². The van der Waals surface area contributed by atoms with Crippen molar-refractivity contribution >= 4 is 0 Å². The lowest BCUT2D eigenvalue weighted by Crippen LogP contribution is -2.31. The van der Waals surface area contributed by atoms with Crippen molar-refractivity contribution in [2.75, 3.05) is 33.0 Å². The first-order valence-corrected chi connectivity index (χ1v) is 5.30. The van der Waals surface area contributed by atoms with Gasteiger partial charge in [-0.15, -0.1) is 0 Å². The third-order valence-corrected chi connectivity index (χ3v) is 3.28. The summed E-state index contributed by atoms with van der Waals surface area (Å²) in [7, 11) is 0. The van der Waals surface area contributed by atoms with Gasteiger partial charge in [0, 0.05) is 31.6 Å². The molecule has 2 aliphatic heterocycles. The smallest absolute Gasteiger partial charge is 0.0965 e. The van der Waals surface area contributed by atoms with Crippen molar-refractivity contribution in [3.05, 3.63) is 0 Å². The molecule has 3 nitrogen and oxygen atoms in total. The number of likely N-dealkylation sites (tertiary alicyclic amines) is 1. The summed E-state index contributed by atoms with van der Waals surface area (Å²) >= 11 is 0. The molecule has 0 radical (unpaired) electrons. The number of ether oxygens (including phenoxy) is 1. The van der Waals surface area contributed by atoms with Gasteiger partial charge in [0.1, 0.15) is 0 Å². The molecule has 2 aliphatic rings. The molecule has 76 valence electrons. The van der Waals surface area contributed by atoms with Gasteiger partial charge in [-0.2, -0.15) is 0 Å². The van der Waals surface area contributed by atoms with Crippen LogP contribution < -0.4 is 5.32 Å². The minimum atomic E-state index is 0.687. The van der Waals surface area contributed by atoms with Crippen LogP contribution in [-0.4, -0.2) is 43.9 Å². The van der Waals surface area contributed by atoms with Crippen LogP contribution in [0, 0.1) is 11.8 Å². The summed E-state index contributed by atoms with van der Waals surface area (Å²) in [4.78, 5) is 2.56. The van der Waals surface area contributed by atoms with E-state index in [4.69, 9.17) is 4.74 Å². The van der Waals surface area contributed by atoms with Gasteiger partial charge in [-0.05, 0) is 19.8 Å². The fourth-order valence-corrected chi connectivity index (χ4v) is 2.34. The number of fused-ring (bicyclic) bond motifs is 1. The zero-order valence-electron chi connectivity index (χ0n) is 8.62. The fraction of sp³-hybridized carbons (Fsp3) is 1.00.